The first-order valence-corrected chi connectivity index (χ1v) is 8.23. The Morgan fingerprint density at radius 2 is 1.57 bits per heavy atom. The van der Waals surface area contributed by atoms with E-state index in [9.17, 15) is 13.2 Å². The number of nitrogens with one attached hydrogen (secondary N) is 1. The molecule has 21 heavy (non-hydrogen) atoms. The van der Waals surface area contributed by atoms with E-state index in [2.05, 4.69) is 5.32 Å². The van der Waals surface area contributed by atoms with Crippen LogP contribution in [0.2, 0.25) is 0 Å². The minimum atomic E-state index is -3.35. The van der Waals surface area contributed by atoms with Crippen LogP contribution in [-0.4, -0.2) is 14.3 Å². The average Bonchev–Trinajstić information content (AvgIpc) is 2.46. The molecular formula is C16H17NO3S. The van der Waals surface area contributed by atoms with Gasteiger partial charge in [-0.25, -0.2) is 8.42 Å². The second-order valence-corrected chi connectivity index (χ2v) is 6.79. The van der Waals surface area contributed by atoms with Gasteiger partial charge in [0, 0.05) is 13.5 Å². The number of carbonyl (C=O) groups excluding carboxylic acids is 1. The third-order valence-electron chi connectivity index (χ3n) is 3.02. The number of benzene rings is 2. The third kappa shape index (κ3) is 4.43. The molecule has 0 saturated carbocycles. The molecule has 0 spiro atoms. The summed E-state index contributed by atoms with van der Waals surface area (Å²) in [5.41, 5.74) is 1.63. The van der Waals surface area contributed by atoms with E-state index < -0.39 is 9.84 Å². The smallest absolute Gasteiger partial charge is 0.217 e. The molecule has 0 unspecified atom stereocenters. The van der Waals surface area contributed by atoms with Crippen molar-refractivity contribution in [2.24, 2.45) is 0 Å². The molecule has 0 heterocycles. The fourth-order valence-electron chi connectivity index (χ4n) is 1.92. The quantitative estimate of drug-likeness (QED) is 0.922. The van der Waals surface area contributed by atoms with Crippen molar-refractivity contribution in [3.8, 4) is 0 Å². The van der Waals surface area contributed by atoms with Gasteiger partial charge in [0.15, 0.2) is 9.84 Å². The maximum absolute atomic E-state index is 12.3. The van der Waals surface area contributed by atoms with Crippen LogP contribution in [0.3, 0.4) is 0 Å². The zero-order chi connectivity index (χ0) is 15.3. The van der Waals surface area contributed by atoms with Crippen LogP contribution >= 0.6 is 0 Å². The summed E-state index contributed by atoms with van der Waals surface area (Å²) in [6.45, 7) is 1.84. The highest BCUT2D eigenvalue weighted by atomic mass is 32.2. The molecule has 0 aliphatic carbocycles. The van der Waals surface area contributed by atoms with E-state index in [1.165, 1.54) is 6.92 Å². The van der Waals surface area contributed by atoms with Crippen LogP contribution in [-0.2, 0) is 26.9 Å². The number of hydrogen-bond donors (Lipinski definition) is 1. The molecule has 4 nitrogen and oxygen atoms in total. The normalized spacial score (nSPS) is 11.1. The van der Waals surface area contributed by atoms with Crippen molar-refractivity contribution in [1.82, 2.24) is 5.32 Å². The monoisotopic (exact) mass is 303 g/mol. The number of rotatable bonds is 5. The molecule has 0 aliphatic heterocycles. The van der Waals surface area contributed by atoms with Gasteiger partial charge < -0.3 is 5.32 Å². The first kappa shape index (κ1) is 15.3. The molecule has 2 aromatic rings. The number of carbonyl (C=O) groups is 1. The van der Waals surface area contributed by atoms with Gasteiger partial charge in [-0.2, -0.15) is 0 Å². The molecule has 0 fully saturated rings. The molecule has 2 aromatic carbocycles. The van der Waals surface area contributed by atoms with Gasteiger partial charge in [0.1, 0.15) is 0 Å². The fourth-order valence-corrected chi connectivity index (χ4v) is 3.27. The summed E-state index contributed by atoms with van der Waals surface area (Å²) in [6.07, 6.45) is 0. The van der Waals surface area contributed by atoms with Crippen LogP contribution in [0.4, 0.5) is 0 Å². The number of amides is 1. The SMILES string of the molecule is CC(=O)NCc1ccc(S(=O)(=O)Cc2ccccc2)cc1. The zero-order valence-corrected chi connectivity index (χ0v) is 12.6. The fraction of sp³-hybridized carbons (Fsp3) is 0.188. The van der Waals surface area contributed by atoms with E-state index in [4.69, 9.17) is 0 Å². The van der Waals surface area contributed by atoms with Crippen LogP contribution in [0.15, 0.2) is 59.5 Å². The van der Waals surface area contributed by atoms with E-state index in [-0.39, 0.29) is 16.6 Å². The molecule has 1 N–H and O–H groups in total. The van der Waals surface area contributed by atoms with Crippen molar-refractivity contribution >= 4 is 15.7 Å². The van der Waals surface area contributed by atoms with Crippen molar-refractivity contribution in [2.75, 3.05) is 0 Å². The first-order valence-electron chi connectivity index (χ1n) is 6.57. The van der Waals surface area contributed by atoms with Crippen molar-refractivity contribution in [3.05, 3.63) is 65.7 Å². The van der Waals surface area contributed by atoms with Gasteiger partial charge in [0.2, 0.25) is 5.91 Å². The van der Waals surface area contributed by atoms with E-state index >= 15 is 0 Å². The van der Waals surface area contributed by atoms with Gasteiger partial charge in [0.05, 0.1) is 10.6 Å². The first-order chi connectivity index (χ1) is 9.97. The van der Waals surface area contributed by atoms with Crippen LogP contribution in [0, 0.1) is 0 Å². The molecule has 0 aromatic heterocycles. The minimum absolute atomic E-state index is 0.0150. The van der Waals surface area contributed by atoms with Crippen molar-refractivity contribution < 1.29 is 13.2 Å². The Balaban J connectivity index is 2.12. The van der Waals surface area contributed by atoms with E-state index in [0.29, 0.717) is 6.54 Å². The predicted octanol–water partition coefficient (Wildman–Crippen LogP) is 2.30. The van der Waals surface area contributed by atoms with Gasteiger partial charge in [-0.3, -0.25) is 4.79 Å². The van der Waals surface area contributed by atoms with Gasteiger partial charge in [-0.15, -0.1) is 0 Å². The van der Waals surface area contributed by atoms with Gasteiger partial charge in [0.25, 0.3) is 0 Å². The summed E-state index contributed by atoms with van der Waals surface area (Å²) in [4.78, 5) is 11.1. The van der Waals surface area contributed by atoms with E-state index in [1.807, 2.05) is 18.2 Å². The lowest BCUT2D eigenvalue weighted by molar-refractivity contribution is -0.119. The Kier molecular flexibility index (Phi) is 4.75. The lowest BCUT2D eigenvalue weighted by atomic mass is 10.2. The molecule has 0 saturated heterocycles. The molecule has 0 atom stereocenters. The highest BCUT2D eigenvalue weighted by Crippen LogP contribution is 2.17. The second kappa shape index (κ2) is 6.54. The third-order valence-corrected chi connectivity index (χ3v) is 4.73. The molecule has 0 bridgehead atoms. The predicted molar refractivity (Wildman–Crippen MR) is 81.3 cm³/mol. The molecule has 5 heteroatoms. The Morgan fingerprint density at radius 1 is 0.952 bits per heavy atom. The van der Waals surface area contributed by atoms with Gasteiger partial charge in [-0.1, -0.05) is 42.5 Å². The van der Waals surface area contributed by atoms with Crippen LogP contribution in [0.25, 0.3) is 0 Å². The second-order valence-electron chi connectivity index (χ2n) is 4.80. The molecule has 1 amide bonds. The molecule has 0 aliphatic rings. The average molecular weight is 303 g/mol. The van der Waals surface area contributed by atoms with Gasteiger partial charge >= 0.3 is 0 Å². The van der Waals surface area contributed by atoms with Crippen molar-refractivity contribution in [1.29, 1.82) is 0 Å². The maximum atomic E-state index is 12.3. The summed E-state index contributed by atoms with van der Waals surface area (Å²) >= 11 is 0. The Morgan fingerprint density at radius 3 is 2.14 bits per heavy atom. The lowest BCUT2D eigenvalue weighted by Crippen LogP contribution is -2.18. The molecule has 0 radical (unpaired) electrons. The topological polar surface area (TPSA) is 63.2 Å². The summed E-state index contributed by atoms with van der Waals surface area (Å²) < 4.78 is 24.6. The largest absolute Gasteiger partial charge is 0.352 e. The van der Waals surface area contributed by atoms with Crippen LogP contribution in [0.5, 0.6) is 0 Å². The molecule has 2 rings (SSSR count). The highest BCUT2D eigenvalue weighted by molar-refractivity contribution is 7.90. The Labute approximate surface area is 124 Å². The summed E-state index contributed by atoms with van der Waals surface area (Å²) in [6, 6.07) is 15.7. The minimum Gasteiger partial charge on any atom is -0.352 e. The summed E-state index contributed by atoms with van der Waals surface area (Å²) in [7, 11) is -3.35. The van der Waals surface area contributed by atoms with Gasteiger partial charge in [-0.05, 0) is 23.3 Å². The highest BCUT2D eigenvalue weighted by Gasteiger charge is 2.14. The van der Waals surface area contributed by atoms with E-state index in [1.54, 1.807) is 36.4 Å². The van der Waals surface area contributed by atoms with Crippen molar-refractivity contribution in [2.45, 2.75) is 24.1 Å². The summed E-state index contributed by atoms with van der Waals surface area (Å²) in [5.74, 6) is -0.130. The lowest BCUT2D eigenvalue weighted by Gasteiger charge is -2.07. The van der Waals surface area contributed by atoms with Crippen LogP contribution < -0.4 is 5.32 Å². The molecular weight excluding hydrogens is 286 g/mol. The van der Waals surface area contributed by atoms with Crippen LogP contribution in [0.1, 0.15) is 18.1 Å². The molecule has 110 valence electrons. The van der Waals surface area contributed by atoms with E-state index in [0.717, 1.165) is 11.1 Å². The Bertz CT molecular complexity index is 707. The number of sulfone groups is 1. The number of hydrogen-bond acceptors (Lipinski definition) is 3. The summed E-state index contributed by atoms with van der Waals surface area (Å²) in [5, 5.41) is 2.67. The Hall–Kier alpha value is -2.14. The maximum Gasteiger partial charge on any atom is 0.217 e. The van der Waals surface area contributed by atoms with Crippen molar-refractivity contribution in [3.63, 3.8) is 0 Å². The zero-order valence-electron chi connectivity index (χ0n) is 11.7. The standard InChI is InChI=1S/C16H17NO3S/c1-13(18)17-11-14-7-9-16(10-8-14)21(19,20)12-15-5-3-2-4-6-15/h2-10H,11-12H2,1H3,(H,17,18).